The van der Waals surface area contributed by atoms with Crippen LogP contribution in [0.5, 0.6) is 0 Å². The lowest BCUT2D eigenvalue weighted by atomic mass is 10.0. The van der Waals surface area contributed by atoms with Gasteiger partial charge in [0.05, 0.1) is 6.10 Å². The number of hydrogen-bond acceptors (Lipinski definition) is 2. The summed E-state index contributed by atoms with van der Waals surface area (Å²) >= 11 is 0. The monoisotopic (exact) mass is 273 g/mol. The topological polar surface area (TPSA) is 46.2 Å². The molecule has 2 nitrogen and oxygen atoms in total. The standard InChI is InChI=1S/C10H11F4NO.ClH/c11-7-4-2-1-3-6(7)8(16)5-9(15)10(12,13)14;/h1-4,8-9,16H,5,15H2;1H/t8-,9-;/m1./s1. The van der Waals surface area contributed by atoms with Gasteiger partial charge in [-0.1, -0.05) is 18.2 Å². The van der Waals surface area contributed by atoms with Crippen molar-refractivity contribution in [2.75, 3.05) is 0 Å². The van der Waals surface area contributed by atoms with E-state index in [0.29, 0.717) is 0 Å². The molecule has 0 heterocycles. The predicted octanol–water partition coefficient (Wildman–Crippen LogP) is 2.56. The SMILES string of the molecule is Cl.N[C@H](C[C@@H](O)c1ccccc1F)C(F)(F)F. The first-order valence-corrected chi connectivity index (χ1v) is 4.57. The molecule has 0 aliphatic carbocycles. The molecule has 1 aromatic rings. The van der Waals surface area contributed by atoms with E-state index in [-0.39, 0.29) is 18.0 Å². The van der Waals surface area contributed by atoms with E-state index in [0.717, 1.165) is 6.07 Å². The van der Waals surface area contributed by atoms with Gasteiger partial charge in [-0.05, 0) is 6.07 Å². The van der Waals surface area contributed by atoms with Gasteiger partial charge in [-0.2, -0.15) is 13.2 Å². The maximum atomic E-state index is 13.1. The highest BCUT2D eigenvalue weighted by Crippen LogP contribution is 2.27. The highest BCUT2D eigenvalue weighted by atomic mass is 35.5. The highest BCUT2D eigenvalue weighted by molar-refractivity contribution is 5.85. The van der Waals surface area contributed by atoms with Crippen LogP contribution in [0.15, 0.2) is 24.3 Å². The van der Waals surface area contributed by atoms with Crippen LogP contribution < -0.4 is 5.73 Å². The zero-order valence-electron chi connectivity index (χ0n) is 8.62. The number of nitrogens with two attached hydrogens (primary N) is 1. The number of hydrogen-bond donors (Lipinski definition) is 2. The number of benzene rings is 1. The first-order chi connectivity index (χ1) is 7.32. The van der Waals surface area contributed by atoms with Gasteiger partial charge in [0.1, 0.15) is 11.9 Å². The fourth-order valence-electron chi connectivity index (χ4n) is 1.25. The molecule has 0 spiro atoms. The van der Waals surface area contributed by atoms with Crippen molar-refractivity contribution >= 4 is 12.4 Å². The Morgan fingerprint density at radius 1 is 1.24 bits per heavy atom. The minimum Gasteiger partial charge on any atom is -0.388 e. The molecule has 0 bridgehead atoms. The highest BCUT2D eigenvalue weighted by Gasteiger charge is 2.38. The fraction of sp³-hybridized carbons (Fsp3) is 0.400. The quantitative estimate of drug-likeness (QED) is 0.832. The smallest absolute Gasteiger partial charge is 0.388 e. The first-order valence-electron chi connectivity index (χ1n) is 4.57. The molecule has 17 heavy (non-hydrogen) atoms. The van der Waals surface area contributed by atoms with Crippen LogP contribution in [0.1, 0.15) is 18.1 Å². The van der Waals surface area contributed by atoms with Crippen molar-refractivity contribution in [3.8, 4) is 0 Å². The molecule has 2 atom stereocenters. The zero-order chi connectivity index (χ0) is 12.3. The largest absolute Gasteiger partial charge is 0.403 e. The second kappa shape index (κ2) is 6.18. The van der Waals surface area contributed by atoms with E-state index in [9.17, 15) is 22.7 Å². The lowest BCUT2D eigenvalue weighted by Gasteiger charge is -2.19. The van der Waals surface area contributed by atoms with Crippen molar-refractivity contribution in [1.29, 1.82) is 0 Å². The average Bonchev–Trinajstić information content (AvgIpc) is 2.16. The van der Waals surface area contributed by atoms with Crippen LogP contribution in [0.25, 0.3) is 0 Å². The third-order valence-electron chi connectivity index (χ3n) is 2.16. The van der Waals surface area contributed by atoms with Crippen molar-refractivity contribution in [2.24, 2.45) is 5.73 Å². The number of aliphatic hydroxyl groups excluding tert-OH is 1. The number of halogens is 5. The van der Waals surface area contributed by atoms with Gasteiger partial charge in [-0.3, -0.25) is 0 Å². The van der Waals surface area contributed by atoms with Crippen LogP contribution in [0.3, 0.4) is 0 Å². The van der Waals surface area contributed by atoms with Crippen molar-refractivity contribution in [1.82, 2.24) is 0 Å². The molecular weight excluding hydrogens is 262 g/mol. The molecule has 0 aliphatic rings. The number of alkyl halides is 3. The predicted molar refractivity (Wildman–Crippen MR) is 57.3 cm³/mol. The van der Waals surface area contributed by atoms with Crippen LogP contribution >= 0.6 is 12.4 Å². The van der Waals surface area contributed by atoms with E-state index in [1.54, 1.807) is 0 Å². The van der Waals surface area contributed by atoms with Gasteiger partial charge >= 0.3 is 6.18 Å². The summed E-state index contributed by atoms with van der Waals surface area (Å²) in [5.41, 5.74) is 4.65. The molecule has 0 radical (unpaired) electrons. The molecule has 0 unspecified atom stereocenters. The van der Waals surface area contributed by atoms with Gasteiger partial charge in [0.2, 0.25) is 0 Å². The molecule has 1 rings (SSSR count). The van der Waals surface area contributed by atoms with E-state index in [2.05, 4.69) is 0 Å². The van der Waals surface area contributed by atoms with Gasteiger partial charge in [0, 0.05) is 12.0 Å². The maximum Gasteiger partial charge on any atom is 0.403 e. The normalized spacial score (nSPS) is 14.9. The van der Waals surface area contributed by atoms with Crippen LogP contribution in [-0.2, 0) is 0 Å². The molecule has 0 saturated carbocycles. The van der Waals surface area contributed by atoms with Crippen LogP contribution in [0.2, 0.25) is 0 Å². The van der Waals surface area contributed by atoms with Crippen LogP contribution in [0.4, 0.5) is 17.6 Å². The van der Waals surface area contributed by atoms with E-state index < -0.39 is 30.6 Å². The van der Waals surface area contributed by atoms with Crippen molar-refractivity contribution in [3.63, 3.8) is 0 Å². The fourth-order valence-corrected chi connectivity index (χ4v) is 1.25. The van der Waals surface area contributed by atoms with Crippen molar-refractivity contribution < 1.29 is 22.7 Å². The minimum absolute atomic E-state index is 0. The Kier molecular flexibility index (Phi) is 5.87. The Morgan fingerprint density at radius 3 is 2.24 bits per heavy atom. The number of aliphatic hydroxyl groups is 1. The molecule has 3 N–H and O–H groups in total. The van der Waals surface area contributed by atoms with Gasteiger partial charge < -0.3 is 10.8 Å². The van der Waals surface area contributed by atoms with Crippen LogP contribution in [0, 0.1) is 5.82 Å². The van der Waals surface area contributed by atoms with E-state index in [1.807, 2.05) is 0 Å². The van der Waals surface area contributed by atoms with Gasteiger partial charge in [0.15, 0.2) is 0 Å². The summed E-state index contributed by atoms with van der Waals surface area (Å²) in [7, 11) is 0. The molecular formula is C10H12ClF4NO. The Balaban J connectivity index is 0.00000256. The summed E-state index contributed by atoms with van der Waals surface area (Å²) in [6.45, 7) is 0. The Bertz CT molecular complexity index is 358. The number of rotatable bonds is 3. The Hall–Kier alpha value is -0.850. The molecule has 0 amide bonds. The first kappa shape index (κ1) is 16.1. The summed E-state index contributed by atoms with van der Waals surface area (Å²) in [6.07, 6.45) is -6.91. The molecule has 0 aromatic heterocycles. The van der Waals surface area contributed by atoms with Gasteiger partial charge in [-0.25, -0.2) is 4.39 Å². The van der Waals surface area contributed by atoms with Crippen molar-refractivity contribution in [2.45, 2.75) is 24.7 Å². The second-order valence-electron chi connectivity index (χ2n) is 3.42. The van der Waals surface area contributed by atoms with Gasteiger partial charge in [0.25, 0.3) is 0 Å². The molecule has 0 saturated heterocycles. The van der Waals surface area contributed by atoms with Crippen molar-refractivity contribution in [3.05, 3.63) is 35.6 Å². The Labute approximate surface area is 102 Å². The van der Waals surface area contributed by atoms with E-state index >= 15 is 0 Å². The third-order valence-corrected chi connectivity index (χ3v) is 2.16. The van der Waals surface area contributed by atoms with E-state index in [1.165, 1.54) is 18.2 Å². The van der Waals surface area contributed by atoms with Gasteiger partial charge in [-0.15, -0.1) is 12.4 Å². The molecule has 0 aliphatic heterocycles. The minimum atomic E-state index is -4.59. The zero-order valence-corrected chi connectivity index (χ0v) is 9.43. The maximum absolute atomic E-state index is 13.1. The summed E-state index contributed by atoms with van der Waals surface area (Å²) in [6, 6.07) is 2.94. The lowest BCUT2D eigenvalue weighted by Crippen LogP contribution is -2.38. The average molecular weight is 274 g/mol. The summed E-state index contributed by atoms with van der Waals surface area (Å²) in [4.78, 5) is 0. The summed E-state index contributed by atoms with van der Waals surface area (Å²) in [5, 5.41) is 9.42. The summed E-state index contributed by atoms with van der Waals surface area (Å²) in [5.74, 6) is -0.746. The lowest BCUT2D eigenvalue weighted by molar-refractivity contribution is -0.154. The Morgan fingerprint density at radius 2 is 1.76 bits per heavy atom. The molecule has 1 aromatic carbocycles. The second-order valence-corrected chi connectivity index (χ2v) is 3.42. The van der Waals surface area contributed by atoms with Crippen LogP contribution in [-0.4, -0.2) is 17.3 Å². The molecule has 7 heteroatoms. The third kappa shape index (κ3) is 4.49. The van der Waals surface area contributed by atoms with E-state index in [4.69, 9.17) is 5.73 Å². The molecule has 98 valence electrons. The molecule has 0 fully saturated rings. The summed E-state index contributed by atoms with van der Waals surface area (Å²) < 4.78 is 49.4.